The second-order valence-electron chi connectivity index (χ2n) is 2.75. The Morgan fingerprint density at radius 1 is 1.38 bits per heavy atom. The number of benzene rings is 1. The Morgan fingerprint density at radius 3 is 2.46 bits per heavy atom. The lowest BCUT2D eigenvalue weighted by atomic mass is 10.1. The van der Waals surface area contributed by atoms with Crippen molar-refractivity contribution in [1.29, 1.82) is 0 Å². The number of hydrogen-bond donors (Lipinski definition) is 2. The second kappa shape index (κ2) is 4.36. The molecule has 0 amide bonds. The summed E-state index contributed by atoms with van der Waals surface area (Å²) >= 11 is 0. The maximum atomic E-state index is 8.79. The van der Waals surface area contributed by atoms with Gasteiger partial charge >= 0.3 is 0 Å². The molecule has 0 aliphatic heterocycles. The van der Waals surface area contributed by atoms with Crippen LogP contribution in [0.25, 0.3) is 6.08 Å². The predicted octanol–water partition coefficient (Wildman–Crippen LogP) is 2.45. The van der Waals surface area contributed by atoms with Crippen LogP contribution in [0.4, 0.5) is 0 Å². The van der Waals surface area contributed by atoms with Crippen LogP contribution in [0, 0.1) is 0 Å². The molecule has 0 saturated heterocycles. The molecule has 0 atom stereocenters. The maximum Gasteiger partial charge on any atom is 0.176 e. The summed E-state index contributed by atoms with van der Waals surface area (Å²) in [5, 5.41) is 11.5. The second-order valence-corrected chi connectivity index (χ2v) is 2.75. The normalized spacial score (nSPS) is 9.23. The van der Waals surface area contributed by atoms with Gasteiger partial charge in [-0.3, -0.25) is 0 Å². The van der Waals surface area contributed by atoms with E-state index in [1.807, 2.05) is 24.3 Å². The van der Waals surface area contributed by atoms with Gasteiger partial charge in [0.25, 0.3) is 0 Å². The molecule has 13 heavy (non-hydrogen) atoms. The molecule has 0 radical (unpaired) electrons. The van der Waals surface area contributed by atoms with Crippen molar-refractivity contribution in [3.05, 3.63) is 54.4 Å². The van der Waals surface area contributed by atoms with Crippen LogP contribution in [-0.2, 0) is 6.54 Å². The molecule has 1 aromatic carbocycles. The lowest BCUT2D eigenvalue weighted by Gasteiger charge is -2.03. The molecule has 2 heteroatoms. The Bertz CT molecular complexity index is 300. The molecule has 1 rings (SSSR count). The van der Waals surface area contributed by atoms with Crippen LogP contribution >= 0.6 is 0 Å². The van der Waals surface area contributed by atoms with E-state index in [1.54, 1.807) is 6.08 Å². The first-order valence-electron chi connectivity index (χ1n) is 4.05. The fourth-order valence-corrected chi connectivity index (χ4v) is 0.976. The van der Waals surface area contributed by atoms with Gasteiger partial charge in [0, 0.05) is 6.54 Å². The first-order chi connectivity index (χ1) is 6.22. The summed E-state index contributed by atoms with van der Waals surface area (Å²) in [4.78, 5) is 0. The van der Waals surface area contributed by atoms with Gasteiger partial charge in [0.1, 0.15) is 0 Å². The van der Waals surface area contributed by atoms with E-state index < -0.39 is 0 Å². The zero-order valence-electron chi connectivity index (χ0n) is 7.46. The molecular formula is C11H13NO. The van der Waals surface area contributed by atoms with Gasteiger partial charge in [0.05, 0.1) is 0 Å². The summed E-state index contributed by atoms with van der Waals surface area (Å²) in [5.41, 5.74) is 2.19. The standard InChI is InChI=1S/C11H13NO/c1-3-10-4-6-11(7-5-10)8-12-9(2)13/h3-7,12-13H,1-2,8H2. The molecule has 0 aromatic heterocycles. The number of aliphatic hydroxyl groups excluding tert-OH is 1. The van der Waals surface area contributed by atoms with Gasteiger partial charge in [-0.15, -0.1) is 0 Å². The van der Waals surface area contributed by atoms with E-state index in [2.05, 4.69) is 18.5 Å². The average molecular weight is 175 g/mol. The Hall–Kier alpha value is -1.70. The molecule has 0 aliphatic carbocycles. The summed E-state index contributed by atoms with van der Waals surface area (Å²) in [6.45, 7) is 7.59. The van der Waals surface area contributed by atoms with E-state index in [-0.39, 0.29) is 5.88 Å². The van der Waals surface area contributed by atoms with Crippen LogP contribution in [0.1, 0.15) is 11.1 Å². The van der Waals surface area contributed by atoms with Gasteiger partial charge in [-0.2, -0.15) is 0 Å². The van der Waals surface area contributed by atoms with Crippen molar-refractivity contribution in [1.82, 2.24) is 5.32 Å². The number of nitrogens with one attached hydrogen (secondary N) is 1. The average Bonchev–Trinajstić information content (AvgIpc) is 2.15. The zero-order chi connectivity index (χ0) is 9.68. The van der Waals surface area contributed by atoms with Crippen molar-refractivity contribution in [3.8, 4) is 0 Å². The van der Waals surface area contributed by atoms with Crippen molar-refractivity contribution < 1.29 is 5.11 Å². The van der Waals surface area contributed by atoms with Crippen LogP contribution in [0.15, 0.2) is 43.3 Å². The smallest absolute Gasteiger partial charge is 0.176 e. The van der Waals surface area contributed by atoms with Gasteiger partial charge in [-0.25, -0.2) is 0 Å². The summed E-state index contributed by atoms with van der Waals surface area (Å²) in [7, 11) is 0. The van der Waals surface area contributed by atoms with Crippen LogP contribution in [0.2, 0.25) is 0 Å². The highest BCUT2D eigenvalue weighted by atomic mass is 16.3. The van der Waals surface area contributed by atoms with Gasteiger partial charge < -0.3 is 10.4 Å². The van der Waals surface area contributed by atoms with E-state index in [0.717, 1.165) is 11.1 Å². The summed E-state index contributed by atoms with van der Waals surface area (Å²) in [5.74, 6) is -0.00667. The molecular weight excluding hydrogens is 162 g/mol. The maximum absolute atomic E-state index is 8.79. The SMILES string of the molecule is C=Cc1ccc(CNC(=C)O)cc1. The van der Waals surface area contributed by atoms with Crippen LogP contribution in [-0.4, -0.2) is 5.11 Å². The third kappa shape index (κ3) is 3.03. The molecule has 1 aromatic rings. The molecule has 0 unspecified atom stereocenters. The van der Waals surface area contributed by atoms with E-state index in [4.69, 9.17) is 5.11 Å². The van der Waals surface area contributed by atoms with Crippen molar-refractivity contribution in [2.75, 3.05) is 0 Å². The molecule has 0 bridgehead atoms. The Labute approximate surface area is 78.2 Å². The fraction of sp³-hybridized carbons (Fsp3) is 0.0909. The molecule has 2 nitrogen and oxygen atoms in total. The predicted molar refractivity (Wildman–Crippen MR) is 55.1 cm³/mol. The Kier molecular flexibility index (Phi) is 3.15. The Morgan fingerprint density at radius 2 is 2.00 bits per heavy atom. The molecule has 0 saturated carbocycles. The van der Waals surface area contributed by atoms with Crippen LogP contribution < -0.4 is 5.32 Å². The largest absolute Gasteiger partial charge is 0.495 e. The first kappa shape index (κ1) is 9.39. The third-order valence-electron chi connectivity index (χ3n) is 1.71. The van der Waals surface area contributed by atoms with Gasteiger partial charge in [0.2, 0.25) is 0 Å². The topological polar surface area (TPSA) is 32.3 Å². The van der Waals surface area contributed by atoms with E-state index in [1.165, 1.54) is 0 Å². The number of rotatable bonds is 4. The number of aliphatic hydroxyl groups is 1. The van der Waals surface area contributed by atoms with Crippen LogP contribution in [0.5, 0.6) is 0 Å². The molecule has 0 aliphatic rings. The minimum absolute atomic E-state index is 0.00667. The first-order valence-corrected chi connectivity index (χ1v) is 4.05. The van der Waals surface area contributed by atoms with Gasteiger partial charge in [-0.05, 0) is 17.7 Å². The minimum atomic E-state index is -0.00667. The summed E-state index contributed by atoms with van der Waals surface area (Å²) < 4.78 is 0. The van der Waals surface area contributed by atoms with Crippen molar-refractivity contribution in [2.45, 2.75) is 6.54 Å². The van der Waals surface area contributed by atoms with E-state index >= 15 is 0 Å². The van der Waals surface area contributed by atoms with E-state index in [0.29, 0.717) is 6.54 Å². The minimum Gasteiger partial charge on any atom is -0.495 e. The fourth-order valence-electron chi connectivity index (χ4n) is 0.976. The highest BCUT2D eigenvalue weighted by Crippen LogP contribution is 2.05. The monoisotopic (exact) mass is 175 g/mol. The van der Waals surface area contributed by atoms with Crippen molar-refractivity contribution in [2.24, 2.45) is 0 Å². The molecule has 2 N–H and O–H groups in total. The van der Waals surface area contributed by atoms with Crippen molar-refractivity contribution >= 4 is 6.08 Å². The highest BCUT2D eigenvalue weighted by molar-refractivity contribution is 5.47. The molecule has 0 fully saturated rings. The quantitative estimate of drug-likeness (QED) is 0.689. The summed E-state index contributed by atoms with van der Waals surface area (Å²) in [6.07, 6.45) is 1.79. The van der Waals surface area contributed by atoms with Crippen molar-refractivity contribution in [3.63, 3.8) is 0 Å². The third-order valence-corrected chi connectivity index (χ3v) is 1.71. The Balaban J connectivity index is 2.59. The number of hydrogen-bond acceptors (Lipinski definition) is 2. The highest BCUT2D eigenvalue weighted by Gasteiger charge is 1.92. The van der Waals surface area contributed by atoms with Crippen LogP contribution in [0.3, 0.4) is 0 Å². The summed E-state index contributed by atoms with van der Waals surface area (Å²) in [6, 6.07) is 7.91. The van der Waals surface area contributed by atoms with Gasteiger partial charge in [0.15, 0.2) is 5.88 Å². The van der Waals surface area contributed by atoms with Gasteiger partial charge in [-0.1, -0.05) is 36.9 Å². The zero-order valence-corrected chi connectivity index (χ0v) is 7.46. The molecule has 0 heterocycles. The lowest BCUT2D eigenvalue weighted by molar-refractivity contribution is 0.366. The lowest BCUT2D eigenvalue weighted by Crippen LogP contribution is -2.10. The van der Waals surface area contributed by atoms with E-state index in [9.17, 15) is 0 Å². The molecule has 68 valence electrons. The molecule has 0 spiro atoms.